The number of benzene rings is 3. The quantitative estimate of drug-likeness (QED) is 0.257. The van der Waals surface area contributed by atoms with E-state index in [1.54, 1.807) is 0 Å². The van der Waals surface area contributed by atoms with Gasteiger partial charge in [0.15, 0.2) is 0 Å². The smallest absolute Gasteiger partial charge is 0.149 e. The molecule has 0 bridgehead atoms. The highest BCUT2D eigenvalue weighted by Crippen LogP contribution is 2.40. The first-order valence-corrected chi connectivity index (χ1v) is 12.4. The van der Waals surface area contributed by atoms with Crippen molar-refractivity contribution in [3.8, 4) is 28.2 Å². The van der Waals surface area contributed by atoms with Crippen LogP contribution in [0.2, 0.25) is 0 Å². The highest BCUT2D eigenvalue weighted by Gasteiger charge is 2.22. The number of furan rings is 1. The molecule has 7 aromatic rings. The Morgan fingerprint density at radius 3 is 2.41 bits per heavy atom. The molecule has 3 aromatic carbocycles. The average molecular weight is 481 g/mol. The van der Waals surface area contributed by atoms with Crippen LogP contribution >= 0.6 is 0 Å². The van der Waals surface area contributed by atoms with Crippen molar-refractivity contribution in [3.05, 3.63) is 108 Å². The van der Waals surface area contributed by atoms with Gasteiger partial charge in [0.2, 0.25) is 0 Å². The van der Waals surface area contributed by atoms with Gasteiger partial charge in [-0.3, -0.25) is 14.5 Å². The van der Waals surface area contributed by atoms with E-state index >= 15 is 0 Å². The second-order valence-electron chi connectivity index (χ2n) is 9.48. The van der Waals surface area contributed by atoms with Crippen LogP contribution in [0.1, 0.15) is 17.0 Å². The summed E-state index contributed by atoms with van der Waals surface area (Å²) in [5, 5.41) is 2.09. The van der Waals surface area contributed by atoms with Crippen LogP contribution in [0.5, 0.6) is 0 Å². The van der Waals surface area contributed by atoms with E-state index in [0.29, 0.717) is 0 Å². The molecule has 0 fully saturated rings. The predicted molar refractivity (Wildman–Crippen MR) is 149 cm³/mol. The first-order valence-electron chi connectivity index (χ1n) is 12.4. The summed E-state index contributed by atoms with van der Waals surface area (Å²) in [4.78, 5) is 14.4. The highest BCUT2D eigenvalue weighted by atomic mass is 16.3. The van der Waals surface area contributed by atoms with E-state index in [-0.39, 0.29) is 0 Å². The van der Waals surface area contributed by atoms with E-state index in [2.05, 4.69) is 83.2 Å². The molecule has 0 saturated carbocycles. The maximum atomic E-state index is 6.52. The van der Waals surface area contributed by atoms with Gasteiger partial charge in [-0.2, -0.15) is 0 Å². The lowest BCUT2D eigenvalue weighted by atomic mass is 10.0. The fourth-order valence-electron chi connectivity index (χ4n) is 5.41. The third-order valence-electron chi connectivity index (χ3n) is 7.01. The molecule has 0 unspecified atom stereocenters. The van der Waals surface area contributed by atoms with Crippen LogP contribution < -0.4 is 0 Å². The molecule has 0 amide bonds. The minimum atomic E-state index is 0.812. The van der Waals surface area contributed by atoms with E-state index in [0.717, 1.165) is 78.1 Å². The summed E-state index contributed by atoms with van der Waals surface area (Å²) in [6.07, 6.45) is 3.77. The Hall–Kier alpha value is -4.77. The lowest BCUT2D eigenvalue weighted by Crippen LogP contribution is -2.00. The fraction of sp³-hybridized carbons (Fsp3) is 0.0938. The van der Waals surface area contributed by atoms with Crippen molar-refractivity contribution in [1.29, 1.82) is 0 Å². The number of hydrogen-bond acceptors (Lipinski definition) is 4. The Bertz CT molecular complexity index is 1960. The summed E-state index contributed by atoms with van der Waals surface area (Å²) in [5.41, 5.74) is 10.7. The van der Waals surface area contributed by atoms with Crippen LogP contribution in [-0.4, -0.2) is 19.5 Å². The number of imidazole rings is 1. The standard InChI is InChI=1S/C32H24N4O/c1-19-17-33-18-27-30(19)35-32(36(27)26-15-8-7-12-23(26)22-10-5-4-6-11-22)25-14-9-13-24-29-21(3)34-20(2)16-28(29)37-31(24)25/h4-18H,1-3H3. The largest absolute Gasteiger partial charge is 0.455 e. The number of hydrogen-bond donors (Lipinski definition) is 0. The molecule has 0 aliphatic heterocycles. The molecule has 4 aromatic heterocycles. The molecular formula is C32H24N4O. The van der Waals surface area contributed by atoms with Gasteiger partial charge < -0.3 is 4.42 Å². The fourth-order valence-corrected chi connectivity index (χ4v) is 5.41. The molecule has 0 aliphatic carbocycles. The van der Waals surface area contributed by atoms with Crippen molar-refractivity contribution in [2.24, 2.45) is 0 Å². The molecule has 5 heteroatoms. The SMILES string of the molecule is Cc1cc2oc3c(-c4nc5c(C)cncc5n4-c4ccccc4-c4ccccc4)cccc3c2c(C)n1. The van der Waals surface area contributed by atoms with E-state index in [4.69, 9.17) is 14.4 Å². The van der Waals surface area contributed by atoms with Gasteiger partial charge in [0.05, 0.1) is 28.5 Å². The number of pyridine rings is 2. The Morgan fingerprint density at radius 2 is 1.54 bits per heavy atom. The summed E-state index contributed by atoms with van der Waals surface area (Å²) < 4.78 is 8.74. The Morgan fingerprint density at radius 1 is 0.757 bits per heavy atom. The molecule has 0 N–H and O–H groups in total. The molecule has 5 nitrogen and oxygen atoms in total. The topological polar surface area (TPSA) is 56.7 Å². The molecule has 7 rings (SSSR count). The summed E-state index contributed by atoms with van der Waals surface area (Å²) in [6, 6.07) is 27.2. The van der Waals surface area contributed by atoms with Crippen molar-refractivity contribution >= 4 is 33.0 Å². The zero-order chi connectivity index (χ0) is 25.1. The highest BCUT2D eigenvalue weighted by molar-refractivity contribution is 6.10. The first kappa shape index (κ1) is 21.5. The first-order chi connectivity index (χ1) is 18.1. The second-order valence-corrected chi connectivity index (χ2v) is 9.48. The molecule has 4 heterocycles. The monoisotopic (exact) mass is 480 g/mol. The zero-order valence-electron chi connectivity index (χ0n) is 20.9. The molecule has 0 atom stereocenters. The number of aromatic nitrogens is 4. The second kappa shape index (κ2) is 8.14. The summed E-state index contributed by atoms with van der Waals surface area (Å²) in [6.45, 7) is 6.09. The third kappa shape index (κ3) is 3.28. The lowest BCUT2D eigenvalue weighted by molar-refractivity contribution is 0.668. The third-order valence-corrected chi connectivity index (χ3v) is 7.01. The van der Waals surface area contributed by atoms with Crippen LogP contribution in [0.3, 0.4) is 0 Å². The number of para-hydroxylation sites is 2. The minimum absolute atomic E-state index is 0.812. The van der Waals surface area contributed by atoms with Crippen molar-refractivity contribution in [2.75, 3.05) is 0 Å². The van der Waals surface area contributed by atoms with Gasteiger partial charge in [0.1, 0.15) is 17.0 Å². The van der Waals surface area contributed by atoms with Crippen LogP contribution in [-0.2, 0) is 0 Å². The van der Waals surface area contributed by atoms with E-state index in [1.165, 1.54) is 0 Å². The maximum Gasteiger partial charge on any atom is 0.149 e. The number of fused-ring (bicyclic) bond motifs is 4. The van der Waals surface area contributed by atoms with Gasteiger partial charge in [-0.1, -0.05) is 60.7 Å². The number of rotatable bonds is 3. The predicted octanol–water partition coefficient (Wildman–Crippen LogP) is 7.97. The molecule has 0 spiro atoms. The molecule has 0 radical (unpaired) electrons. The van der Waals surface area contributed by atoms with E-state index in [9.17, 15) is 0 Å². The molecule has 37 heavy (non-hydrogen) atoms. The van der Waals surface area contributed by atoms with Crippen molar-refractivity contribution in [3.63, 3.8) is 0 Å². The van der Waals surface area contributed by atoms with Crippen LogP contribution in [0.4, 0.5) is 0 Å². The Balaban J connectivity index is 1.60. The van der Waals surface area contributed by atoms with Crippen molar-refractivity contribution in [2.45, 2.75) is 20.8 Å². The van der Waals surface area contributed by atoms with Crippen LogP contribution in [0.15, 0.2) is 95.7 Å². The molecular weight excluding hydrogens is 456 g/mol. The lowest BCUT2D eigenvalue weighted by Gasteiger charge is -2.15. The average Bonchev–Trinajstić information content (AvgIpc) is 3.48. The van der Waals surface area contributed by atoms with Crippen molar-refractivity contribution in [1.82, 2.24) is 19.5 Å². The van der Waals surface area contributed by atoms with Crippen LogP contribution in [0.25, 0.3) is 61.2 Å². The summed E-state index contributed by atoms with van der Waals surface area (Å²) in [7, 11) is 0. The number of aryl methyl sites for hydroxylation is 3. The Labute approximate surface area is 214 Å². The molecule has 0 aliphatic rings. The minimum Gasteiger partial charge on any atom is -0.455 e. The van der Waals surface area contributed by atoms with Gasteiger partial charge in [-0.05, 0) is 44.0 Å². The van der Waals surface area contributed by atoms with E-state index in [1.807, 2.05) is 38.4 Å². The molecule has 0 saturated heterocycles. The van der Waals surface area contributed by atoms with Gasteiger partial charge in [-0.15, -0.1) is 0 Å². The Kier molecular flexibility index (Phi) is 4.73. The van der Waals surface area contributed by atoms with E-state index < -0.39 is 0 Å². The summed E-state index contributed by atoms with van der Waals surface area (Å²) >= 11 is 0. The molecule has 178 valence electrons. The zero-order valence-corrected chi connectivity index (χ0v) is 20.9. The van der Waals surface area contributed by atoms with Crippen molar-refractivity contribution < 1.29 is 4.42 Å². The van der Waals surface area contributed by atoms with Gasteiger partial charge >= 0.3 is 0 Å². The van der Waals surface area contributed by atoms with Gasteiger partial charge in [0.25, 0.3) is 0 Å². The van der Waals surface area contributed by atoms with Gasteiger partial charge in [-0.25, -0.2) is 4.98 Å². The summed E-state index contributed by atoms with van der Waals surface area (Å²) in [5.74, 6) is 0.821. The van der Waals surface area contributed by atoms with Gasteiger partial charge in [0, 0.05) is 40.0 Å². The van der Waals surface area contributed by atoms with Crippen LogP contribution in [0, 0.1) is 20.8 Å². The number of nitrogens with zero attached hydrogens (tertiary/aromatic N) is 4. The normalized spacial score (nSPS) is 11.6. The maximum absolute atomic E-state index is 6.52.